The summed E-state index contributed by atoms with van der Waals surface area (Å²) in [6.07, 6.45) is 5.75. The fourth-order valence-corrected chi connectivity index (χ4v) is 5.79. The molecule has 172 valence electrons. The number of carbonyl (C=O) groups is 1. The Hall–Kier alpha value is -2.11. The lowest BCUT2D eigenvalue weighted by molar-refractivity contribution is -0.123. The number of amides is 1. The average Bonchev–Trinajstić information content (AvgIpc) is 3.03. The fraction of sp³-hybridized carbons (Fsp3) is 0.583. The van der Waals surface area contributed by atoms with Gasteiger partial charge in [0.25, 0.3) is 11.5 Å². The van der Waals surface area contributed by atoms with E-state index >= 15 is 0 Å². The molecule has 0 N–H and O–H groups in total. The predicted molar refractivity (Wildman–Crippen MR) is 136 cm³/mol. The van der Waals surface area contributed by atoms with Gasteiger partial charge in [0.05, 0.1) is 4.91 Å². The molecule has 0 aromatic carbocycles. The predicted octanol–water partition coefficient (Wildman–Crippen LogP) is 4.67. The third kappa shape index (κ3) is 4.65. The Morgan fingerprint density at radius 3 is 2.47 bits per heavy atom. The van der Waals surface area contributed by atoms with Crippen LogP contribution in [0.5, 0.6) is 0 Å². The summed E-state index contributed by atoms with van der Waals surface area (Å²) < 4.78 is 2.31. The molecule has 0 radical (unpaired) electrons. The monoisotopic (exact) mass is 472 g/mol. The van der Waals surface area contributed by atoms with Crippen molar-refractivity contribution >= 4 is 46.1 Å². The number of thioether (sulfide) groups is 1. The van der Waals surface area contributed by atoms with E-state index in [1.54, 1.807) is 9.47 Å². The number of hydrogen-bond donors (Lipinski definition) is 0. The van der Waals surface area contributed by atoms with E-state index in [4.69, 9.17) is 12.2 Å². The van der Waals surface area contributed by atoms with E-state index in [-0.39, 0.29) is 23.1 Å². The molecular weight excluding hydrogens is 440 g/mol. The van der Waals surface area contributed by atoms with Crippen LogP contribution in [0.15, 0.2) is 9.70 Å². The van der Waals surface area contributed by atoms with Crippen LogP contribution < -0.4 is 10.5 Å². The highest BCUT2D eigenvalue weighted by Gasteiger charge is 2.35. The molecule has 2 aliphatic heterocycles. The topological polar surface area (TPSA) is 69.3 Å². The Labute approximate surface area is 200 Å². The van der Waals surface area contributed by atoms with E-state index < -0.39 is 0 Å². The van der Waals surface area contributed by atoms with Gasteiger partial charge in [0.2, 0.25) is 0 Å². The minimum absolute atomic E-state index is 0.0225. The lowest BCUT2D eigenvalue weighted by atomic mass is 9.97. The smallest absolute Gasteiger partial charge is 0.270 e. The molecule has 2 aliphatic rings. The van der Waals surface area contributed by atoms with E-state index in [9.17, 15) is 14.9 Å². The number of anilines is 1. The van der Waals surface area contributed by atoms with Crippen molar-refractivity contribution in [1.82, 2.24) is 9.47 Å². The molecule has 1 amide bonds. The molecule has 0 saturated carbocycles. The molecule has 2 saturated heterocycles. The second kappa shape index (κ2) is 10.2. The van der Waals surface area contributed by atoms with Crippen LogP contribution in [0, 0.1) is 24.2 Å². The minimum Gasteiger partial charge on any atom is -0.357 e. The summed E-state index contributed by atoms with van der Waals surface area (Å²) in [5.41, 5.74) is 1.34. The lowest BCUT2D eigenvalue weighted by Gasteiger charge is -2.35. The molecule has 0 atom stereocenters. The van der Waals surface area contributed by atoms with Gasteiger partial charge in [-0.1, -0.05) is 44.2 Å². The highest BCUT2D eigenvalue weighted by molar-refractivity contribution is 8.26. The van der Waals surface area contributed by atoms with Gasteiger partial charge in [0.15, 0.2) is 0 Å². The summed E-state index contributed by atoms with van der Waals surface area (Å²) in [5, 5.41) is 9.78. The molecule has 3 heterocycles. The Balaban J connectivity index is 2.24. The summed E-state index contributed by atoms with van der Waals surface area (Å²) in [7, 11) is 0. The van der Waals surface area contributed by atoms with Gasteiger partial charge in [-0.25, -0.2) is 0 Å². The van der Waals surface area contributed by atoms with Crippen LogP contribution >= 0.6 is 24.0 Å². The highest BCUT2D eigenvalue weighted by atomic mass is 32.2. The Bertz CT molecular complexity index is 1040. The fourth-order valence-electron chi connectivity index (χ4n) is 4.29. The molecule has 2 fully saturated rings. The normalized spacial score (nSPS) is 18.8. The van der Waals surface area contributed by atoms with Crippen molar-refractivity contribution < 1.29 is 4.79 Å². The molecule has 1 aromatic heterocycles. The molecule has 0 unspecified atom stereocenters. The molecule has 3 rings (SSSR count). The molecule has 0 spiro atoms. The van der Waals surface area contributed by atoms with Gasteiger partial charge in [-0.3, -0.25) is 19.1 Å². The number of hydrogen-bond acceptors (Lipinski definition) is 6. The third-order valence-corrected chi connectivity index (χ3v) is 7.61. The van der Waals surface area contributed by atoms with Crippen LogP contribution in [-0.2, 0) is 11.3 Å². The summed E-state index contributed by atoms with van der Waals surface area (Å²) in [6.45, 7) is 12.3. The van der Waals surface area contributed by atoms with Crippen LogP contribution in [0.2, 0.25) is 0 Å². The zero-order chi connectivity index (χ0) is 23.6. The molecule has 6 nitrogen and oxygen atoms in total. The van der Waals surface area contributed by atoms with Crippen molar-refractivity contribution in [3.05, 3.63) is 31.9 Å². The van der Waals surface area contributed by atoms with Crippen LogP contribution in [0.4, 0.5) is 5.82 Å². The molecule has 0 aliphatic carbocycles. The Morgan fingerprint density at radius 2 is 1.94 bits per heavy atom. The third-order valence-electron chi connectivity index (χ3n) is 6.28. The number of nitriles is 1. The molecule has 0 bridgehead atoms. The number of piperidine rings is 1. The molecule has 1 aromatic rings. The van der Waals surface area contributed by atoms with E-state index in [0.717, 1.165) is 50.2 Å². The summed E-state index contributed by atoms with van der Waals surface area (Å²) >= 11 is 6.74. The summed E-state index contributed by atoms with van der Waals surface area (Å²) in [4.78, 5) is 30.8. The zero-order valence-corrected chi connectivity index (χ0v) is 21.2. The van der Waals surface area contributed by atoms with E-state index in [2.05, 4.69) is 24.8 Å². The number of carbonyl (C=O) groups excluding carboxylic acids is 1. The maximum Gasteiger partial charge on any atom is 0.270 e. The number of unbranched alkanes of at least 4 members (excludes halogenated alkanes) is 1. The second-order valence-electron chi connectivity index (χ2n) is 8.97. The first-order chi connectivity index (χ1) is 15.2. The van der Waals surface area contributed by atoms with Gasteiger partial charge in [0, 0.05) is 31.2 Å². The van der Waals surface area contributed by atoms with Crippen molar-refractivity contribution in [2.24, 2.45) is 5.92 Å². The minimum atomic E-state index is -0.237. The van der Waals surface area contributed by atoms with Crippen LogP contribution in [0.25, 0.3) is 6.08 Å². The first-order valence-electron chi connectivity index (χ1n) is 11.4. The Morgan fingerprint density at radius 1 is 1.28 bits per heavy atom. The van der Waals surface area contributed by atoms with Gasteiger partial charge in [-0.15, -0.1) is 0 Å². The maximum atomic E-state index is 13.3. The van der Waals surface area contributed by atoms with Crippen LogP contribution in [0.3, 0.4) is 0 Å². The van der Waals surface area contributed by atoms with E-state index in [1.807, 2.05) is 26.8 Å². The van der Waals surface area contributed by atoms with Crippen LogP contribution in [0.1, 0.15) is 70.1 Å². The van der Waals surface area contributed by atoms with Crippen LogP contribution in [-0.4, -0.2) is 38.8 Å². The van der Waals surface area contributed by atoms with E-state index in [0.29, 0.717) is 27.3 Å². The van der Waals surface area contributed by atoms with Crippen molar-refractivity contribution in [2.45, 2.75) is 72.9 Å². The van der Waals surface area contributed by atoms with Crippen molar-refractivity contribution in [2.75, 3.05) is 18.0 Å². The SMILES string of the molecule is CCCCn1c(N2CCC(C)CC2)c(/C=C2\SC(=S)N(C(C)C)C2=O)c(C)c(C#N)c1=O. The maximum absolute atomic E-state index is 13.3. The van der Waals surface area contributed by atoms with Gasteiger partial charge < -0.3 is 4.90 Å². The average molecular weight is 473 g/mol. The van der Waals surface area contributed by atoms with Gasteiger partial charge in [0.1, 0.15) is 21.8 Å². The molecular formula is C24H32N4O2S2. The van der Waals surface area contributed by atoms with Crippen molar-refractivity contribution in [3.63, 3.8) is 0 Å². The van der Waals surface area contributed by atoms with Gasteiger partial charge in [-0.05, 0) is 57.6 Å². The largest absolute Gasteiger partial charge is 0.357 e. The van der Waals surface area contributed by atoms with Crippen molar-refractivity contribution in [1.29, 1.82) is 5.26 Å². The standard InChI is InChI=1S/C24H32N4O2S2/c1-6-7-10-27-21(26-11-8-16(4)9-12-26)18(17(5)19(14-25)22(27)29)13-20-23(30)28(15(2)3)24(31)32-20/h13,15-16H,6-12H2,1-5H3/b20-13-. The summed E-state index contributed by atoms with van der Waals surface area (Å²) in [6, 6.07) is 2.10. The Kier molecular flexibility index (Phi) is 7.84. The number of rotatable bonds is 6. The van der Waals surface area contributed by atoms with E-state index in [1.165, 1.54) is 11.8 Å². The quantitative estimate of drug-likeness (QED) is 0.442. The first kappa shape index (κ1) is 24.5. The summed E-state index contributed by atoms with van der Waals surface area (Å²) in [5.74, 6) is 1.37. The highest BCUT2D eigenvalue weighted by Crippen LogP contribution is 2.37. The molecule has 32 heavy (non-hydrogen) atoms. The number of nitrogens with zero attached hydrogens (tertiary/aromatic N) is 4. The molecule has 8 heteroatoms. The van der Waals surface area contributed by atoms with Gasteiger partial charge in [-0.2, -0.15) is 5.26 Å². The van der Waals surface area contributed by atoms with Gasteiger partial charge >= 0.3 is 0 Å². The number of aromatic nitrogens is 1. The zero-order valence-electron chi connectivity index (χ0n) is 19.6. The second-order valence-corrected chi connectivity index (χ2v) is 10.7. The first-order valence-corrected chi connectivity index (χ1v) is 12.6. The number of thiocarbonyl (C=S) groups is 1. The van der Waals surface area contributed by atoms with Crippen molar-refractivity contribution in [3.8, 4) is 6.07 Å². The number of pyridine rings is 1. The lowest BCUT2D eigenvalue weighted by Crippen LogP contribution is -2.39.